The Balaban J connectivity index is 3.64. The highest BCUT2D eigenvalue weighted by atomic mass is 32.2. The van der Waals surface area contributed by atoms with E-state index in [1.807, 2.05) is 0 Å². The van der Waals surface area contributed by atoms with Crippen LogP contribution < -0.4 is 0 Å². The molecular weight excluding hydrogens is 180 g/mol. The maximum absolute atomic E-state index is 10.5. The van der Waals surface area contributed by atoms with Gasteiger partial charge in [-0.25, -0.2) is 4.79 Å². The SMILES string of the molecule is CSC(OS)C(=O)OS. The summed E-state index contributed by atoms with van der Waals surface area (Å²) >= 11 is 7.90. The summed E-state index contributed by atoms with van der Waals surface area (Å²) in [5.74, 6) is -0.555. The lowest BCUT2D eigenvalue weighted by Crippen LogP contribution is -2.16. The minimum Gasteiger partial charge on any atom is -0.392 e. The second kappa shape index (κ2) is 5.28. The Bertz CT molecular complexity index is 92.3. The van der Waals surface area contributed by atoms with Crippen LogP contribution in [0.2, 0.25) is 0 Å². The van der Waals surface area contributed by atoms with Gasteiger partial charge in [-0.1, -0.05) is 0 Å². The van der Waals surface area contributed by atoms with Crippen LogP contribution in [0, 0.1) is 0 Å². The van der Waals surface area contributed by atoms with Gasteiger partial charge < -0.3 is 4.18 Å². The summed E-state index contributed by atoms with van der Waals surface area (Å²) in [4.78, 5) is 10.5. The van der Waals surface area contributed by atoms with Crippen LogP contribution in [0.5, 0.6) is 0 Å². The topological polar surface area (TPSA) is 35.5 Å². The molecule has 3 nitrogen and oxygen atoms in total. The highest BCUT2D eigenvalue weighted by Gasteiger charge is 2.17. The first-order chi connectivity index (χ1) is 4.26. The molecule has 0 heterocycles. The molecule has 0 saturated carbocycles. The normalized spacial score (nSPS) is 12.8. The molecule has 1 unspecified atom stereocenters. The molecule has 9 heavy (non-hydrogen) atoms. The lowest BCUT2D eigenvalue weighted by molar-refractivity contribution is -0.136. The molecule has 0 saturated heterocycles. The van der Waals surface area contributed by atoms with Crippen molar-refractivity contribution in [2.75, 3.05) is 6.26 Å². The van der Waals surface area contributed by atoms with E-state index in [9.17, 15) is 4.79 Å². The first-order valence-corrected chi connectivity index (χ1v) is 3.96. The minimum absolute atomic E-state index is 0.555. The molecule has 0 aliphatic heterocycles. The molecule has 0 rings (SSSR count). The van der Waals surface area contributed by atoms with Gasteiger partial charge in [0.05, 0.1) is 0 Å². The van der Waals surface area contributed by atoms with E-state index in [0.29, 0.717) is 0 Å². The van der Waals surface area contributed by atoms with Gasteiger partial charge in [-0.05, 0) is 19.2 Å². The van der Waals surface area contributed by atoms with Gasteiger partial charge >= 0.3 is 5.97 Å². The number of hydrogen-bond acceptors (Lipinski definition) is 6. The van der Waals surface area contributed by atoms with Crippen LogP contribution in [0.15, 0.2) is 0 Å². The molecule has 0 spiro atoms. The Hall–Kier alpha value is 0.480. The molecule has 1 atom stereocenters. The van der Waals surface area contributed by atoms with E-state index < -0.39 is 11.4 Å². The molecule has 0 aromatic heterocycles. The average molecular weight is 186 g/mol. The molecule has 6 heteroatoms. The third kappa shape index (κ3) is 3.24. The van der Waals surface area contributed by atoms with Crippen molar-refractivity contribution in [1.82, 2.24) is 0 Å². The van der Waals surface area contributed by atoms with E-state index in [1.54, 1.807) is 6.26 Å². The molecule has 0 bridgehead atoms. The van der Waals surface area contributed by atoms with Crippen LogP contribution in [0.3, 0.4) is 0 Å². The Morgan fingerprint density at radius 3 is 2.33 bits per heavy atom. The van der Waals surface area contributed by atoms with Gasteiger partial charge in [0.1, 0.15) is 0 Å². The van der Waals surface area contributed by atoms with Crippen LogP contribution in [0.1, 0.15) is 0 Å². The van der Waals surface area contributed by atoms with Crippen LogP contribution in [0.4, 0.5) is 0 Å². The van der Waals surface area contributed by atoms with Gasteiger partial charge in [0.15, 0.2) is 0 Å². The summed E-state index contributed by atoms with van der Waals surface area (Å²) in [6.07, 6.45) is 1.70. The smallest absolute Gasteiger partial charge is 0.358 e. The van der Waals surface area contributed by atoms with Crippen LogP contribution in [-0.4, -0.2) is 17.7 Å². The fourth-order valence-electron chi connectivity index (χ4n) is 0.225. The third-order valence-corrected chi connectivity index (χ3v) is 1.84. The number of thioether (sulfide) groups is 1. The van der Waals surface area contributed by atoms with Crippen molar-refractivity contribution < 1.29 is 13.2 Å². The summed E-state index contributed by atoms with van der Waals surface area (Å²) in [6.45, 7) is 0. The number of thiol groups is 2. The molecule has 0 fully saturated rings. The Morgan fingerprint density at radius 1 is 1.67 bits per heavy atom. The summed E-state index contributed by atoms with van der Waals surface area (Å²) < 4.78 is 8.44. The van der Waals surface area contributed by atoms with Crippen LogP contribution >= 0.6 is 37.6 Å². The predicted molar refractivity (Wildman–Crippen MR) is 42.5 cm³/mol. The zero-order chi connectivity index (χ0) is 7.28. The van der Waals surface area contributed by atoms with Crippen molar-refractivity contribution >= 4 is 43.6 Å². The highest BCUT2D eigenvalue weighted by Crippen LogP contribution is 2.11. The molecule has 0 aliphatic rings. The van der Waals surface area contributed by atoms with Crippen LogP contribution in [-0.2, 0) is 13.2 Å². The fraction of sp³-hybridized carbons (Fsp3) is 0.667. The lowest BCUT2D eigenvalue weighted by Gasteiger charge is -2.05. The zero-order valence-corrected chi connectivity index (χ0v) is 7.21. The molecule has 0 aliphatic carbocycles. The first kappa shape index (κ1) is 9.48. The van der Waals surface area contributed by atoms with E-state index in [4.69, 9.17) is 0 Å². The lowest BCUT2D eigenvalue weighted by atomic mass is 10.7. The number of carbonyl (C=O) groups is 1. The molecular formula is C3H6O3S3. The van der Waals surface area contributed by atoms with Gasteiger partial charge in [-0.2, -0.15) is 0 Å². The second-order valence-corrected chi connectivity index (χ2v) is 2.38. The molecule has 0 N–H and O–H groups in total. The largest absolute Gasteiger partial charge is 0.392 e. The Kier molecular flexibility index (Phi) is 5.56. The van der Waals surface area contributed by atoms with Crippen molar-refractivity contribution in [3.63, 3.8) is 0 Å². The van der Waals surface area contributed by atoms with Gasteiger partial charge in [0.2, 0.25) is 5.44 Å². The summed E-state index contributed by atoms with van der Waals surface area (Å²) in [5, 5.41) is 0. The van der Waals surface area contributed by atoms with E-state index in [1.165, 1.54) is 11.8 Å². The maximum atomic E-state index is 10.5. The standard InChI is InChI=1S/C3H6O3S3/c1-9-3(6-8)2(4)5-7/h3,7-8H,1H3. The fourth-order valence-corrected chi connectivity index (χ4v) is 1.06. The van der Waals surface area contributed by atoms with E-state index in [0.717, 1.165) is 0 Å². The summed E-state index contributed by atoms with van der Waals surface area (Å²) in [7, 11) is 0. The number of carbonyl (C=O) groups excluding carboxylic acids is 1. The summed E-state index contributed by atoms with van der Waals surface area (Å²) in [6, 6.07) is 0. The molecule has 0 aromatic carbocycles. The molecule has 0 aromatic rings. The van der Waals surface area contributed by atoms with E-state index in [-0.39, 0.29) is 0 Å². The van der Waals surface area contributed by atoms with E-state index in [2.05, 4.69) is 34.2 Å². The Labute approximate surface area is 68.7 Å². The maximum Gasteiger partial charge on any atom is 0.358 e. The summed E-state index contributed by atoms with van der Waals surface area (Å²) in [5.41, 5.74) is -0.689. The number of hydrogen-bond donors (Lipinski definition) is 2. The van der Waals surface area contributed by atoms with Crippen molar-refractivity contribution in [3.8, 4) is 0 Å². The van der Waals surface area contributed by atoms with Gasteiger partial charge in [0.25, 0.3) is 0 Å². The van der Waals surface area contributed by atoms with Gasteiger partial charge in [-0.3, -0.25) is 4.18 Å². The molecule has 0 amide bonds. The third-order valence-electron chi connectivity index (χ3n) is 0.592. The van der Waals surface area contributed by atoms with E-state index >= 15 is 0 Å². The highest BCUT2D eigenvalue weighted by molar-refractivity contribution is 8.00. The molecule has 54 valence electrons. The number of rotatable bonds is 3. The van der Waals surface area contributed by atoms with Gasteiger partial charge in [-0.15, -0.1) is 11.8 Å². The molecule has 0 radical (unpaired) electrons. The van der Waals surface area contributed by atoms with Crippen molar-refractivity contribution in [1.29, 1.82) is 0 Å². The first-order valence-electron chi connectivity index (χ1n) is 1.94. The van der Waals surface area contributed by atoms with Crippen molar-refractivity contribution in [2.45, 2.75) is 5.44 Å². The predicted octanol–water partition coefficient (Wildman–Crippen LogP) is 0.925. The minimum atomic E-state index is -0.689. The van der Waals surface area contributed by atoms with Crippen molar-refractivity contribution in [3.05, 3.63) is 0 Å². The van der Waals surface area contributed by atoms with Crippen molar-refractivity contribution in [2.24, 2.45) is 0 Å². The zero-order valence-electron chi connectivity index (χ0n) is 4.60. The monoisotopic (exact) mass is 186 g/mol. The quantitative estimate of drug-likeness (QED) is 0.390. The van der Waals surface area contributed by atoms with Crippen LogP contribution in [0.25, 0.3) is 0 Å². The Morgan fingerprint density at radius 2 is 2.22 bits per heavy atom. The second-order valence-electron chi connectivity index (χ2n) is 1.08. The van der Waals surface area contributed by atoms with Gasteiger partial charge in [0, 0.05) is 12.9 Å². The average Bonchev–Trinajstić information content (AvgIpc) is 1.90.